The van der Waals surface area contributed by atoms with Gasteiger partial charge < -0.3 is 30.9 Å². The van der Waals surface area contributed by atoms with Gasteiger partial charge in [-0.25, -0.2) is 0 Å². The van der Waals surface area contributed by atoms with E-state index >= 15 is 0 Å². The molecule has 5 atom stereocenters. The summed E-state index contributed by atoms with van der Waals surface area (Å²) in [5, 5.41) is 39.4. The number of nitrogens with two attached hydrogens (primary N) is 1. The van der Waals surface area contributed by atoms with Crippen LogP contribution in [-0.2, 0) is 4.74 Å². The first-order valence-corrected chi connectivity index (χ1v) is 9.59. The lowest BCUT2D eigenvalue weighted by Gasteiger charge is -2.46. The molecule has 0 spiro atoms. The number of hydrogen-bond donors (Lipinski definition) is 5. The number of ether oxygens (including phenoxy) is 1. The molecule has 1 heterocycles. The van der Waals surface area contributed by atoms with Crippen LogP contribution in [0, 0.1) is 0 Å². The van der Waals surface area contributed by atoms with E-state index in [9.17, 15) is 20.4 Å². The van der Waals surface area contributed by atoms with Gasteiger partial charge in [0, 0.05) is 6.42 Å². The Balaban J connectivity index is 2.19. The molecule has 6 heteroatoms. The average Bonchev–Trinajstić information content (AvgIpc) is 2.58. The zero-order chi connectivity index (χ0) is 18.0. The van der Waals surface area contributed by atoms with Gasteiger partial charge in [-0.1, -0.05) is 64.7 Å². The minimum Gasteiger partial charge on any atom is -0.394 e. The van der Waals surface area contributed by atoms with Crippen molar-refractivity contribution in [3.8, 4) is 0 Å². The van der Waals surface area contributed by atoms with Gasteiger partial charge in [-0.05, 0) is 6.42 Å². The largest absolute Gasteiger partial charge is 0.394 e. The van der Waals surface area contributed by atoms with Gasteiger partial charge in [0.2, 0.25) is 0 Å². The van der Waals surface area contributed by atoms with E-state index in [4.69, 9.17) is 10.5 Å². The van der Waals surface area contributed by atoms with Crippen LogP contribution >= 0.6 is 0 Å². The smallest absolute Gasteiger partial charge is 0.184 e. The zero-order valence-corrected chi connectivity index (χ0v) is 15.1. The van der Waals surface area contributed by atoms with Crippen molar-refractivity contribution in [3.05, 3.63) is 0 Å². The molecule has 0 radical (unpaired) electrons. The van der Waals surface area contributed by atoms with Gasteiger partial charge in [0.25, 0.3) is 0 Å². The first-order chi connectivity index (χ1) is 11.5. The van der Waals surface area contributed by atoms with Crippen LogP contribution in [0.5, 0.6) is 0 Å². The van der Waals surface area contributed by atoms with Gasteiger partial charge in [-0.2, -0.15) is 0 Å². The standard InChI is InChI=1S/C18H37NO5/c1-2-3-4-5-6-7-8-9-10-11-12-18(23)17(19)16(22)15(21)14(13-20)24-18/h14-17,20-23H,2-13,19H2,1H3/t14-,15+,16+,17-,18?/m1/s1. The third-order valence-electron chi connectivity index (χ3n) is 5.04. The van der Waals surface area contributed by atoms with Gasteiger partial charge in [0.05, 0.1) is 12.6 Å². The van der Waals surface area contributed by atoms with Crippen LogP contribution < -0.4 is 5.73 Å². The molecule has 6 nitrogen and oxygen atoms in total. The van der Waals surface area contributed by atoms with Crippen molar-refractivity contribution >= 4 is 0 Å². The van der Waals surface area contributed by atoms with Gasteiger partial charge in [0.1, 0.15) is 18.3 Å². The second kappa shape index (κ2) is 11.4. The summed E-state index contributed by atoms with van der Waals surface area (Å²) in [4.78, 5) is 0. The zero-order valence-electron chi connectivity index (χ0n) is 15.1. The molecule has 1 aliphatic rings. The summed E-state index contributed by atoms with van der Waals surface area (Å²) in [5.74, 6) is -1.69. The Hall–Kier alpha value is -0.240. The topological polar surface area (TPSA) is 116 Å². The Morgan fingerprint density at radius 2 is 1.38 bits per heavy atom. The number of aliphatic hydroxyl groups is 4. The number of unbranched alkanes of at least 4 members (excludes halogenated alkanes) is 9. The molecule has 1 saturated heterocycles. The van der Waals surface area contributed by atoms with Gasteiger partial charge in [-0.15, -0.1) is 0 Å². The summed E-state index contributed by atoms with van der Waals surface area (Å²) in [6, 6.07) is -1.08. The maximum Gasteiger partial charge on any atom is 0.184 e. The summed E-state index contributed by atoms with van der Waals surface area (Å²) >= 11 is 0. The Morgan fingerprint density at radius 1 is 0.875 bits per heavy atom. The Bertz CT molecular complexity index is 329. The molecule has 0 aliphatic carbocycles. The van der Waals surface area contributed by atoms with E-state index in [1.54, 1.807) is 0 Å². The molecule has 6 N–H and O–H groups in total. The van der Waals surface area contributed by atoms with Gasteiger partial charge in [0.15, 0.2) is 5.79 Å². The highest BCUT2D eigenvalue weighted by Crippen LogP contribution is 2.31. The van der Waals surface area contributed by atoms with Crippen LogP contribution in [-0.4, -0.2) is 57.2 Å². The number of hydrogen-bond acceptors (Lipinski definition) is 6. The lowest BCUT2D eigenvalue weighted by Crippen LogP contribution is -2.68. The Morgan fingerprint density at radius 3 is 1.88 bits per heavy atom. The normalized spacial score (nSPS) is 33.8. The van der Waals surface area contributed by atoms with Crippen molar-refractivity contribution < 1.29 is 25.2 Å². The highest BCUT2D eigenvalue weighted by Gasteiger charge is 2.50. The predicted molar refractivity (Wildman–Crippen MR) is 93.4 cm³/mol. The van der Waals surface area contributed by atoms with E-state index in [1.807, 2.05) is 0 Å². The summed E-state index contributed by atoms with van der Waals surface area (Å²) in [6.07, 6.45) is 8.51. The minimum absolute atomic E-state index is 0.297. The lowest BCUT2D eigenvalue weighted by molar-refractivity contribution is -0.316. The fourth-order valence-corrected chi connectivity index (χ4v) is 3.35. The van der Waals surface area contributed by atoms with E-state index in [0.717, 1.165) is 19.3 Å². The molecule has 24 heavy (non-hydrogen) atoms. The molecule has 1 rings (SSSR count). The van der Waals surface area contributed by atoms with Crippen LogP contribution in [0.1, 0.15) is 77.6 Å². The van der Waals surface area contributed by atoms with Crippen molar-refractivity contribution in [3.63, 3.8) is 0 Å². The summed E-state index contributed by atoms with van der Waals surface area (Å²) in [7, 11) is 0. The molecule has 1 unspecified atom stereocenters. The molecule has 0 amide bonds. The van der Waals surface area contributed by atoms with E-state index in [1.165, 1.54) is 44.9 Å². The molecule has 144 valence electrons. The second-order valence-corrected chi connectivity index (χ2v) is 7.12. The fourth-order valence-electron chi connectivity index (χ4n) is 3.35. The van der Waals surface area contributed by atoms with Gasteiger partial charge >= 0.3 is 0 Å². The number of rotatable bonds is 12. The molecule has 1 aliphatic heterocycles. The van der Waals surface area contributed by atoms with Crippen molar-refractivity contribution in [1.82, 2.24) is 0 Å². The van der Waals surface area contributed by atoms with Gasteiger partial charge in [-0.3, -0.25) is 0 Å². The Labute approximate surface area is 146 Å². The minimum atomic E-state index is -1.69. The van der Waals surface area contributed by atoms with Crippen molar-refractivity contribution in [1.29, 1.82) is 0 Å². The highest BCUT2D eigenvalue weighted by atomic mass is 16.6. The monoisotopic (exact) mass is 347 g/mol. The van der Waals surface area contributed by atoms with E-state index < -0.39 is 36.7 Å². The predicted octanol–water partition coefficient (Wildman–Crippen LogP) is 1.43. The van der Waals surface area contributed by atoms with Crippen LogP contribution in [0.4, 0.5) is 0 Å². The van der Waals surface area contributed by atoms with Crippen molar-refractivity contribution in [2.24, 2.45) is 5.73 Å². The first-order valence-electron chi connectivity index (χ1n) is 9.59. The third-order valence-corrected chi connectivity index (χ3v) is 5.04. The van der Waals surface area contributed by atoms with E-state index in [-0.39, 0.29) is 0 Å². The fraction of sp³-hybridized carbons (Fsp3) is 1.00. The lowest BCUT2D eigenvalue weighted by atomic mass is 9.88. The molecule has 0 bridgehead atoms. The van der Waals surface area contributed by atoms with Crippen molar-refractivity contribution in [2.75, 3.05) is 6.61 Å². The molecular weight excluding hydrogens is 310 g/mol. The van der Waals surface area contributed by atoms with Crippen LogP contribution in [0.3, 0.4) is 0 Å². The molecule has 0 aromatic carbocycles. The molecule has 0 aromatic heterocycles. The number of aliphatic hydroxyl groups excluding tert-OH is 3. The van der Waals surface area contributed by atoms with Crippen molar-refractivity contribution in [2.45, 2.75) is 108 Å². The second-order valence-electron chi connectivity index (χ2n) is 7.12. The van der Waals surface area contributed by atoms with E-state index in [0.29, 0.717) is 6.42 Å². The average molecular weight is 347 g/mol. The Kier molecular flexibility index (Phi) is 10.3. The molecule has 0 saturated carbocycles. The third kappa shape index (κ3) is 6.58. The quantitative estimate of drug-likeness (QED) is 0.341. The summed E-state index contributed by atoms with van der Waals surface area (Å²) in [5.41, 5.74) is 5.82. The van der Waals surface area contributed by atoms with Crippen LogP contribution in [0.15, 0.2) is 0 Å². The molecule has 1 fully saturated rings. The maximum atomic E-state index is 10.5. The molecule has 0 aromatic rings. The SMILES string of the molecule is CCCCCCCCCCCCC1(O)O[C@H](CO)[C@H](O)[C@H](O)[C@H]1N. The maximum absolute atomic E-state index is 10.5. The first kappa shape index (κ1) is 21.8. The highest BCUT2D eigenvalue weighted by molar-refractivity contribution is 4.98. The summed E-state index contributed by atoms with van der Waals surface area (Å²) < 4.78 is 5.37. The van der Waals surface area contributed by atoms with Crippen LogP contribution in [0.25, 0.3) is 0 Å². The van der Waals surface area contributed by atoms with Crippen LogP contribution in [0.2, 0.25) is 0 Å². The molecular formula is C18H37NO5. The summed E-state index contributed by atoms with van der Waals surface area (Å²) in [6.45, 7) is 1.75. The van der Waals surface area contributed by atoms with E-state index in [2.05, 4.69) is 6.92 Å².